The average Bonchev–Trinajstić information content (AvgIpc) is 2.80. The summed E-state index contributed by atoms with van der Waals surface area (Å²) in [6.07, 6.45) is 6.29. The van der Waals surface area contributed by atoms with Gasteiger partial charge in [0, 0.05) is 16.1 Å². The summed E-state index contributed by atoms with van der Waals surface area (Å²) in [7, 11) is 0. The molecule has 0 bridgehead atoms. The highest BCUT2D eigenvalue weighted by atomic mass is 32.1. The third kappa shape index (κ3) is 3.04. The molecular weight excluding hydrogens is 254 g/mol. The molecule has 0 radical (unpaired) electrons. The fraction of sp³-hybridized carbons (Fsp3) is 0.188. The van der Waals surface area contributed by atoms with Crippen molar-refractivity contribution in [1.29, 1.82) is 0 Å². The van der Waals surface area contributed by atoms with Crippen molar-refractivity contribution in [2.24, 2.45) is 0 Å². The Labute approximate surface area is 117 Å². The molecule has 1 aromatic carbocycles. The lowest BCUT2D eigenvalue weighted by Crippen LogP contribution is -2.10. The molecule has 0 spiro atoms. The highest BCUT2D eigenvalue weighted by Crippen LogP contribution is 2.23. The van der Waals surface area contributed by atoms with Crippen LogP contribution in [0.5, 0.6) is 0 Å². The second-order valence-corrected chi connectivity index (χ2v) is 5.48. The minimum Gasteiger partial charge on any atom is -0.321 e. The van der Waals surface area contributed by atoms with Gasteiger partial charge in [0.05, 0.1) is 4.88 Å². The largest absolute Gasteiger partial charge is 0.321 e. The van der Waals surface area contributed by atoms with Gasteiger partial charge >= 0.3 is 0 Å². The van der Waals surface area contributed by atoms with E-state index in [0.29, 0.717) is 0 Å². The van der Waals surface area contributed by atoms with Crippen molar-refractivity contribution in [3.05, 3.63) is 51.2 Å². The minimum atomic E-state index is -0.0815. The first-order chi connectivity index (χ1) is 9.13. The zero-order valence-electron chi connectivity index (χ0n) is 11.0. The Morgan fingerprint density at radius 3 is 2.84 bits per heavy atom. The van der Waals surface area contributed by atoms with Crippen LogP contribution < -0.4 is 5.32 Å². The van der Waals surface area contributed by atoms with Crippen molar-refractivity contribution in [3.8, 4) is 12.3 Å². The van der Waals surface area contributed by atoms with Gasteiger partial charge in [-0.3, -0.25) is 4.79 Å². The number of amides is 1. The number of hydrogen-bond acceptors (Lipinski definition) is 2. The topological polar surface area (TPSA) is 29.1 Å². The highest BCUT2D eigenvalue weighted by molar-refractivity contribution is 7.14. The van der Waals surface area contributed by atoms with Crippen LogP contribution in [0, 0.1) is 19.3 Å². The van der Waals surface area contributed by atoms with Crippen LogP contribution in [-0.4, -0.2) is 5.91 Å². The Morgan fingerprint density at radius 1 is 1.42 bits per heavy atom. The molecule has 1 heterocycles. The Morgan fingerprint density at radius 2 is 2.21 bits per heavy atom. The number of carbonyl (C=O) groups excluding carboxylic acids is 1. The van der Waals surface area contributed by atoms with E-state index in [1.807, 2.05) is 31.2 Å². The second-order valence-electron chi connectivity index (χ2n) is 4.22. The molecule has 0 atom stereocenters. The Balaban J connectivity index is 2.18. The van der Waals surface area contributed by atoms with E-state index in [4.69, 9.17) is 6.42 Å². The lowest BCUT2D eigenvalue weighted by molar-refractivity contribution is 0.103. The molecule has 0 fully saturated rings. The third-order valence-corrected chi connectivity index (χ3v) is 4.00. The lowest BCUT2D eigenvalue weighted by atomic mass is 10.2. The summed E-state index contributed by atoms with van der Waals surface area (Å²) in [5, 5.41) is 2.87. The first-order valence-electron chi connectivity index (χ1n) is 6.11. The first kappa shape index (κ1) is 13.4. The first-order valence-corrected chi connectivity index (χ1v) is 6.93. The van der Waals surface area contributed by atoms with Crippen LogP contribution in [0.15, 0.2) is 30.3 Å². The van der Waals surface area contributed by atoms with Gasteiger partial charge in [-0.15, -0.1) is 17.8 Å². The quantitative estimate of drug-likeness (QED) is 0.842. The average molecular weight is 269 g/mol. The van der Waals surface area contributed by atoms with Gasteiger partial charge in [-0.2, -0.15) is 0 Å². The minimum absolute atomic E-state index is 0.0815. The highest BCUT2D eigenvalue weighted by Gasteiger charge is 2.11. The maximum atomic E-state index is 12.1. The molecule has 0 aliphatic rings. The van der Waals surface area contributed by atoms with Crippen molar-refractivity contribution >= 4 is 22.9 Å². The number of benzene rings is 1. The molecule has 2 nitrogen and oxygen atoms in total. The molecule has 0 aliphatic carbocycles. The summed E-state index contributed by atoms with van der Waals surface area (Å²) < 4.78 is 0. The van der Waals surface area contributed by atoms with Crippen LogP contribution in [0.4, 0.5) is 5.69 Å². The number of hydrogen-bond donors (Lipinski definition) is 1. The maximum absolute atomic E-state index is 12.1. The van der Waals surface area contributed by atoms with E-state index in [9.17, 15) is 4.79 Å². The van der Waals surface area contributed by atoms with Crippen LogP contribution in [0.3, 0.4) is 0 Å². The molecule has 0 saturated heterocycles. The van der Waals surface area contributed by atoms with Gasteiger partial charge in [0.15, 0.2) is 0 Å². The predicted molar refractivity (Wildman–Crippen MR) is 80.8 cm³/mol. The van der Waals surface area contributed by atoms with Crippen LogP contribution >= 0.6 is 11.3 Å². The number of terminal acetylenes is 1. The van der Waals surface area contributed by atoms with Crippen LogP contribution in [0.1, 0.15) is 32.6 Å². The van der Waals surface area contributed by atoms with E-state index in [2.05, 4.69) is 18.2 Å². The molecule has 0 aliphatic heterocycles. The number of thiophene rings is 1. The zero-order chi connectivity index (χ0) is 13.8. The van der Waals surface area contributed by atoms with Crippen molar-refractivity contribution in [2.45, 2.75) is 20.3 Å². The van der Waals surface area contributed by atoms with Crippen molar-refractivity contribution in [3.63, 3.8) is 0 Å². The molecule has 2 rings (SSSR count). The molecule has 0 unspecified atom stereocenters. The van der Waals surface area contributed by atoms with Gasteiger partial charge < -0.3 is 5.32 Å². The molecular formula is C16H15NOS. The van der Waals surface area contributed by atoms with E-state index in [0.717, 1.165) is 22.5 Å². The summed E-state index contributed by atoms with van der Waals surface area (Å²) in [5.41, 5.74) is 2.71. The van der Waals surface area contributed by atoms with Crippen molar-refractivity contribution < 1.29 is 4.79 Å². The van der Waals surface area contributed by atoms with Gasteiger partial charge in [0.2, 0.25) is 0 Å². The summed E-state index contributed by atoms with van der Waals surface area (Å²) in [4.78, 5) is 14.1. The third-order valence-electron chi connectivity index (χ3n) is 2.91. The second kappa shape index (κ2) is 5.73. The number of aryl methyl sites for hydroxylation is 2. The molecule has 3 heteroatoms. The fourth-order valence-corrected chi connectivity index (χ4v) is 2.87. The van der Waals surface area contributed by atoms with E-state index in [-0.39, 0.29) is 5.91 Å². The van der Waals surface area contributed by atoms with Gasteiger partial charge in [-0.1, -0.05) is 18.9 Å². The van der Waals surface area contributed by atoms with Gasteiger partial charge in [-0.25, -0.2) is 0 Å². The molecule has 1 N–H and O–H groups in total. The van der Waals surface area contributed by atoms with Crippen LogP contribution in [-0.2, 0) is 6.42 Å². The maximum Gasteiger partial charge on any atom is 0.265 e. The van der Waals surface area contributed by atoms with E-state index in [1.54, 1.807) is 6.07 Å². The Kier molecular flexibility index (Phi) is 4.03. The van der Waals surface area contributed by atoms with Crippen molar-refractivity contribution in [1.82, 2.24) is 0 Å². The number of nitrogens with one attached hydrogen (secondary N) is 1. The molecule has 1 aromatic heterocycles. The molecule has 0 saturated carbocycles. The van der Waals surface area contributed by atoms with Gasteiger partial charge in [0.1, 0.15) is 0 Å². The summed E-state index contributed by atoms with van der Waals surface area (Å²) in [6, 6.07) is 9.25. The normalized spacial score (nSPS) is 9.95. The summed E-state index contributed by atoms with van der Waals surface area (Å²) in [6.45, 7) is 4.13. The zero-order valence-corrected chi connectivity index (χ0v) is 11.8. The van der Waals surface area contributed by atoms with Gasteiger partial charge in [-0.05, 0) is 43.2 Å². The smallest absolute Gasteiger partial charge is 0.265 e. The molecule has 1 amide bonds. The predicted octanol–water partition coefficient (Wildman–Crippen LogP) is 3.85. The Hall–Kier alpha value is -2.05. The Bertz CT molecular complexity index is 649. The van der Waals surface area contributed by atoms with E-state index < -0.39 is 0 Å². The SMILES string of the molecule is C#Cc1cccc(NC(=O)c2cc(CC)c(C)s2)c1. The number of carbonyl (C=O) groups is 1. The monoisotopic (exact) mass is 269 g/mol. The molecule has 2 aromatic rings. The summed E-state index contributed by atoms with van der Waals surface area (Å²) >= 11 is 1.52. The molecule has 19 heavy (non-hydrogen) atoms. The van der Waals surface area contributed by atoms with Crippen LogP contribution in [0.25, 0.3) is 0 Å². The number of rotatable bonds is 3. The van der Waals surface area contributed by atoms with E-state index in [1.165, 1.54) is 21.8 Å². The standard InChI is InChI=1S/C16H15NOS/c1-4-12-7-6-8-14(9-12)17-16(18)15-10-13(5-2)11(3)19-15/h1,6-10H,5H2,2-3H3,(H,17,18). The number of anilines is 1. The summed E-state index contributed by atoms with van der Waals surface area (Å²) in [5.74, 6) is 2.47. The lowest BCUT2D eigenvalue weighted by Gasteiger charge is -2.03. The van der Waals surface area contributed by atoms with Gasteiger partial charge in [0.25, 0.3) is 5.91 Å². The fourth-order valence-electron chi connectivity index (χ4n) is 1.86. The van der Waals surface area contributed by atoms with Crippen LogP contribution in [0.2, 0.25) is 0 Å². The van der Waals surface area contributed by atoms with E-state index >= 15 is 0 Å². The van der Waals surface area contributed by atoms with Crippen molar-refractivity contribution in [2.75, 3.05) is 5.32 Å². The molecule has 96 valence electrons.